The summed E-state index contributed by atoms with van der Waals surface area (Å²) in [4.78, 5) is 3.80. The van der Waals surface area contributed by atoms with Crippen molar-refractivity contribution in [2.75, 3.05) is 11.5 Å². The zero-order valence-corrected chi connectivity index (χ0v) is 11.1. The SMILES string of the molecule is O=S1(=Nc2cnc(Br)c(F)c2)CCCCC1. The van der Waals surface area contributed by atoms with Crippen LogP contribution < -0.4 is 0 Å². The summed E-state index contributed by atoms with van der Waals surface area (Å²) in [5.74, 6) is 0.759. The normalized spacial score (nSPS) is 19.4. The zero-order valence-electron chi connectivity index (χ0n) is 8.66. The highest BCUT2D eigenvalue weighted by Gasteiger charge is 2.14. The van der Waals surface area contributed by atoms with Gasteiger partial charge in [0.2, 0.25) is 0 Å². The molecule has 0 aromatic carbocycles. The zero-order chi connectivity index (χ0) is 11.6. The molecule has 0 unspecified atom stereocenters. The van der Waals surface area contributed by atoms with Crippen molar-refractivity contribution in [1.82, 2.24) is 4.98 Å². The number of pyridine rings is 1. The molecular formula is C10H12BrFN2OS. The molecule has 1 fully saturated rings. The monoisotopic (exact) mass is 306 g/mol. The van der Waals surface area contributed by atoms with Gasteiger partial charge in [-0.3, -0.25) is 0 Å². The van der Waals surface area contributed by atoms with Gasteiger partial charge in [0.25, 0.3) is 0 Å². The van der Waals surface area contributed by atoms with Gasteiger partial charge >= 0.3 is 0 Å². The first-order valence-corrected chi connectivity index (χ1v) is 7.77. The molecular weight excluding hydrogens is 295 g/mol. The summed E-state index contributed by atoms with van der Waals surface area (Å²) in [6, 6.07) is 1.26. The van der Waals surface area contributed by atoms with Crippen LogP contribution in [0.2, 0.25) is 0 Å². The summed E-state index contributed by atoms with van der Waals surface area (Å²) >= 11 is 2.97. The molecule has 2 heterocycles. The average Bonchev–Trinajstić information content (AvgIpc) is 2.24. The Morgan fingerprint density at radius 2 is 2.06 bits per heavy atom. The Labute approximate surface area is 103 Å². The fourth-order valence-corrected chi connectivity index (χ4v) is 4.08. The lowest BCUT2D eigenvalue weighted by Crippen LogP contribution is -2.15. The lowest BCUT2D eigenvalue weighted by atomic mass is 10.3. The van der Waals surface area contributed by atoms with E-state index in [9.17, 15) is 8.60 Å². The van der Waals surface area contributed by atoms with E-state index in [1.54, 1.807) is 0 Å². The van der Waals surface area contributed by atoms with Crippen LogP contribution in [-0.4, -0.2) is 20.7 Å². The molecule has 1 aliphatic rings. The van der Waals surface area contributed by atoms with E-state index in [0.29, 0.717) is 17.2 Å². The van der Waals surface area contributed by atoms with Crippen LogP contribution >= 0.6 is 15.9 Å². The predicted octanol–water partition coefficient (Wildman–Crippen LogP) is 3.27. The Balaban J connectivity index is 2.34. The highest BCUT2D eigenvalue weighted by Crippen LogP contribution is 2.22. The molecule has 2 rings (SSSR count). The second-order valence-corrected chi connectivity index (χ2v) is 7.09. The fourth-order valence-electron chi connectivity index (χ4n) is 1.68. The molecule has 1 saturated heterocycles. The third-order valence-electron chi connectivity index (χ3n) is 2.48. The van der Waals surface area contributed by atoms with Crippen LogP contribution in [0.25, 0.3) is 0 Å². The molecule has 0 aliphatic carbocycles. The van der Waals surface area contributed by atoms with Crippen molar-refractivity contribution in [3.05, 3.63) is 22.7 Å². The van der Waals surface area contributed by atoms with Crippen LogP contribution in [0.3, 0.4) is 0 Å². The molecule has 16 heavy (non-hydrogen) atoms. The van der Waals surface area contributed by atoms with Gasteiger partial charge in [0.15, 0.2) is 5.82 Å². The Hall–Kier alpha value is -0.490. The standard InChI is InChI=1S/C10H12BrFN2OS/c11-10-9(12)6-8(7-13-10)14-16(15)4-2-1-3-5-16/h6-7H,1-5H2. The van der Waals surface area contributed by atoms with E-state index in [-0.39, 0.29) is 4.60 Å². The van der Waals surface area contributed by atoms with Crippen molar-refractivity contribution in [2.45, 2.75) is 19.3 Å². The van der Waals surface area contributed by atoms with Crippen LogP contribution in [0.5, 0.6) is 0 Å². The lowest BCUT2D eigenvalue weighted by molar-refractivity contribution is 0.613. The van der Waals surface area contributed by atoms with Gasteiger partial charge < -0.3 is 0 Å². The second-order valence-electron chi connectivity index (χ2n) is 3.80. The molecule has 0 atom stereocenters. The summed E-state index contributed by atoms with van der Waals surface area (Å²) in [6.07, 6.45) is 4.43. The van der Waals surface area contributed by atoms with Crippen LogP contribution in [0.4, 0.5) is 10.1 Å². The van der Waals surface area contributed by atoms with Gasteiger partial charge in [-0.05, 0) is 28.8 Å². The van der Waals surface area contributed by atoms with Crippen molar-refractivity contribution in [1.29, 1.82) is 0 Å². The molecule has 0 saturated carbocycles. The minimum absolute atomic E-state index is 0.157. The lowest BCUT2D eigenvalue weighted by Gasteiger charge is -2.14. The van der Waals surface area contributed by atoms with Gasteiger partial charge in [-0.2, -0.15) is 4.36 Å². The van der Waals surface area contributed by atoms with E-state index in [1.165, 1.54) is 12.3 Å². The number of halogens is 2. The number of nitrogens with zero attached hydrogens (tertiary/aromatic N) is 2. The van der Waals surface area contributed by atoms with E-state index >= 15 is 0 Å². The van der Waals surface area contributed by atoms with E-state index in [2.05, 4.69) is 25.3 Å². The van der Waals surface area contributed by atoms with E-state index in [4.69, 9.17) is 0 Å². The molecule has 0 radical (unpaired) electrons. The molecule has 1 aromatic heterocycles. The number of hydrogen-bond donors (Lipinski definition) is 0. The van der Waals surface area contributed by atoms with Gasteiger partial charge in [-0.25, -0.2) is 13.6 Å². The molecule has 0 N–H and O–H groups in total. The molecule has 1 aromatic rings. The minimum atomic E-state index is -2.17. The molecule has 0 amide bonds. The third-order valence-corrected chi connectivity index (χ3v) is 5.46. The van der Waals surface area contributed by atoms with Crippen LogP contribution in [0, 0.1) is 5.82 Å². The van der Waals surface area contributed by atoms with E-state index in [0.717, 1.165) is 19.3 Å². The molecule has 1 aliphatic heterocycles. The molecule has 0 bridgehead atoms. The topological polar surface area (TPSA) is 42.3 Å². The van der Waals surface area contributed by atoms with Gasteiger partial charge in [0.05, 0.1) is 21.6 Å². The first-order chi connectivity index (χ1) is 7.59. The second kappa shape index (κ2) is 4.79. The van der Waals surface area contributed by atoms with Crippen molar-refractivity contribution < 1.29 is 8.60 Å². The Morgan fingerprint density at radius 1 is 1.38 bits per heavy atom. The van der Waals surface area contributed by atoms with Gasteiger partial charge in [0, 0.05) is 17.6 Å². The van der Waals surface area contributed by atoms with Crippen molar-refractivity contribution in [3.63, 3.8) is 0 Å². The maximum atomic E-state index is 13.2. The molecule has 3 nitrogen and oxygen atoms in total. The van der Waals surface area contributed by atoms with Gasteiger partial charge in [-0.1, -0.05) is 6.42 Å². The highest BCUT2D eigenvalue weighted by molar-refractivity contribution is 9.10. The van der Waals surface area contributed by atoms with E-state index in [1.807, 2.05) is 0 Å². The Morgan fingerprint density at radius 3 is 2.69 bits per heavy atom. The third kappa shape index (κ3) is 2.79. The maximum absolute atomic E-state index is 13.2. The Kier molecular flexibility index (Phi) is 3.59. The average molecular weight is 307 g/mol. The largest absolute Gasteiger partial charge is 0.249 e. The van der Waals surface area contributed by atoms with Crippen LogP contribution in [0.1, 0.15) is 19.3 Å². The first kappa shape index (κ1) is 12.0. The van der Waals surface area contributed by atoms with Crippen molar-refractivity contribution >= 4 is 31.3 Å². The summed E-state index contributed by atoms with van der Waals surface area (Å²) in [5.41, 5.74) is 0.368. The number of hydrogen-bond acceptors (Lipinski definition) is 3. The quantitative estimate of drug-likeness (QED) is 0.747. The van der Waals surface area contributed by atoms with Gasteiger partial charge in [0.1, 0.15) is 4.60 Å². The summed E-state index contributed by atoms with van der Waals surface area (Å²) in [5, 5.41) is 0. The molecule has 88 valence electrons. The summed E-state index contributed by atoms with van der Waals surface area (Å²) in [6.45, 7) is 0. The summed E-state index contributed by atoms with van der Waals surface area (Å²) in [7, 11) is -2.17. The number of aromatic nitrogens is 1. The summed E-state index contributed by atoms with van der Waals surface area (Å²) < 4.78 is 29.8. The molecule has 0 spiro atoms. The highest BCUT2D eigenvalue weighted by atomic mass is 79.9. The van der Waals surface area contributed by atoms with Crippen molar-refractivity contribution in [3.8, 4) is 0 Å². The minimum Gasteiger partial charge on any atom is -0.249 e. The number of rotatable bonds is 1. The van der Waals surface area contributed by atoms with Gasteiger partial charge in [-0.15, -0.1) is 0 Å². The maximum Gasteiger partial charge on any atom is 0.158 e. The predicted molar refractivity (Wildman–Crippen MR) is 65.7 cm³/mol. The Bertz CT molecular complexity index is 500. The molecule has 6 heteroatoms. The van der Waals surface area contributed by atoms with Crippen molar-refractivity contribution in [2.24, 2.45) is 4.36 Å². The fraction of sp³-hybridized carbons (Fsp3) is 0.500. The van der Waals surface area contributed by atoms with E-state index < -0.39 is 15.5 Å². The van der Waals surface area contributed by atoms with Crippen LogP contribution in [-0.2, 0) is 9.73 Å². The first-order valence-electron chi connectivity index (χ1n) is 5.13. The van der Waals surface area contributed by atoms with Crippen LogP contribution in [0.15, 0.2) is 21.2 Å². The smallest absolute Gasteiger partial charge is 0.158 e.